The zero-order chi connectivity index (χ0) is 14.0. The number of halogens is 2. The van der Waals surface area contributed by atoms with Gasteiger partial charge in [0.15, 0.2) is 0 Å². The Kier molecular flexibility index (Phi) is 4.27. The van der Waals surface area contributed by atoms with E-state index in [0.717, 1.165) is 15.7 Å². The zero-order valence-corrected chi connectivity index (χ0v) is 12.8. The van der Waals surface area contributed by atoms with E-state index in [1.807, 2.05) is 13.8 Å². The number of carbonyl (C=O) groups excluding carboxylic acids is 1. The summed E-state index contributed by atoms with van der Waals surface area (Å²) in [4.78, 5) is 12.0. The SMILES string of the molecule is Cc1noc(C)c1CNC(=O)c1ccc(Br)c(Cl)c1. The fourth-order valence-electron chi connectivity index (χ4n) is 1.66. The molecule has 0 aliphatic rings. The van der Waals surface area contributed by atoms with Crippen molar-refractivity contribution in [3.05, 3.63) is 50.3 Å². The first-order valence-corrected chi connectivity index (χ1v) is 6.81. The summed E-state index contributed by atoms with van der Waals surface area (Å²) >= 11 is 9.24. The van der Waals surface area contributed by atoms with Crippen LogP contribution >= 0.6 is 27.5 Å². The maximum absolute atomic E-state index is 12.0. The van der Waals surface area contributed by atoms with Gasteiger partial charge in [0.25, 0.3) is 5.91 Å². The van der Waals surface area contributed by atoms with Crippen molar-refractivity contribution in [2.24, 2.45) is 0 Å². The monoisotopic (exact) mass is 342 g/mol. The summed E-state index contributed by atoms with van der Waals surface area (Å²) in [5.74, 6) is 0.529. The molecule has 0 spiro atoms. The molecule has 0 atom stereocenters. The Morgan fingerprint density at radius 3 is 2.79 bits per heavy atom. The molecular formula is C13H12BrClN2O2. The number of amides is 1. The van der Waals surface area contributed by atoms with E-state index in [4.69, 9.17) is 16.1 Å². The Hall–Kier alpha value is -1.33. The smallest absolute Gasteiger partial charge is 0.251 e. The maximum atomic E-state index is 12.0. The number of hydrogen-bond donors (Lipinski definition) is 1. The molecule has 100 valence electrons. The maximum Gasteiger partial charge on any atom is 0.251 e. The molecule has 1 aromatic heterocycles. The van der Waals surface area contributed by atoms with Crippen molar-refractivity contribution in [1.29, 1.82) is 0 Å². The summed E-state index contributed by atoms with van der Waals surface area (Å²) in [6.45, 7) is 4.04. The van der Waals surface area contributed by atoms with Gasteiger partial charge in [0.05, 0.1) is 10.7 Å². The molecule has 2 aromatic rings. The summed E-state index contributed by atoms with van der Waals surface area (Å²) in [6, 6.07) is 5.07. The zero-order valence-electron chi connectivity index (χ0n) is 10.5. The van der Waals surface area contributed by atoms with Crippen LogP contribution in [0, 0.1) is 13.8 Å². The van der Waals surface area contributed by atoms with Gasteiger partial charge in [0.2, 0.25) is 0 Å². The second kappa shape index (κ2) is 5.75. The van der Waals surface area contributed by atoms with Gasteiger partial charge in [0.1, 0.15) is 5.76 Å². The van der Waals surface area contributed by atoms with Crippen LogP contribution in [0.25, 0.3) is 0 Å². The molecule has 1 aromatic carbocycles. The Bertz CT molecular complexity index is 606. The summed E-state index contributed by atoms with van der Waals surface area (Å²) < 4.78 is 5.80. The molecule has 0 fully saturated rings. The van der Waals surface area contributed by atoms with E-state index in [0.29, 0.717) is 22.9 Å². The molecule has 4 nitrogen and oxygen atoms in total. The lowest BCUT2D eigenvalue weighted by Crippen LogP contribution is -2.23. The van der Waals surface area contributed by atoms with Crippen LogP contribution in [0.4, 0.5) is 0 Å². The molecule has 19 heavy (non-hydrogen) atoms. The molecular weight excluding hydrogens is 332 g/mol. The van der Waals surface area contributed by atoms with Crippen LogP contribution in [0.2, 0.25) is 5.02 Å². The van der Waals surface area contributed by atoms with E-state index < -0.39 is 0 Å². The van der Waals surface area contributed by atoms with Crippen LogP contribution in [0.15, 0.2) is 27.2 Å². The third kappa shape index (κ3) is 3.16. The van der Waals surface area contributed by atoms with E-state index in [1.165, 1.54) is 0 Å². The summed E-state index contributed by atoms with van der Waals surface area (Å²) in [7, 11) is 0. The van der Waals surface area contributed by atoms with Crippen LogP contribution in [0.3, 0.4) is 0 Å². The van der Waals surface area contributed by atoms with Gasteiger partial charge >= 0.3 is 0 Å². The van der Waals surface area contributed by atoms with Crippen molar-refractivity contribution in [1.82, 2.24) is 10.5 Å². The quantitative estimate of drug-likeness (QED) is 0.925. The number of carbonyl (C=O) groups is 1. The van der Waals surface area contributed by atoms with E-state index in [1.54, 1.807) is 18.2 Å². The lowest BCUT2D eigenvalue weighted by atomic mass is 10.2. The van der Waals surface area contributed by atoms with Crippen molar-refractivity contribution >= 4 is 33.4 Å². The largest absolute Gasteiger partial charge is 0.361 e. The summed E-state index contributed by atoms with van der Waals surface area (Å²) in [5, 5.41) is 7.16. The predicted octanol–water partition coefficient (Wildman–Crippen LogP) is 3.64. The number of hydrogen-bond acceptors (Lipinski definition) is 3. The Morgan fingerprint density at radius 2 is 2.21 bits per heavy atom. The van der Waals surface area contributed by atoms with E-state index in [2.05, 4.69) is 26.4 Å². The molecule has 1 N–H and O–H groups in total. The highest BCUT2D eigenvalue weighted by atomic mass is 79.9. The van der Waals surface area contributed by atoms with Crippen molar-refractivity contribution in [2.45, 2.75) is 20.4 Å². The molecule has 0 saturated heterocycles. The van der Waals surface area contributed by atoms with E-state index >= 15 is 0 Å². The minimum atomic E-state index is -0.186. The van der Waals surface area contributed by atoms with Crippen molar-refractivity contribution in [2.75, 3.05) is 0 Å². The molecule has 1 heterocycles. The molecule has 0 aliphatic carbocycles. The van der Waals surface area contributed by atoms with Gasteiger partial charge in [-0.3, -0.25) is 4.79 Å². The Balaban J connectivity index is 2.07. The van der Waals surface area contributed by atoms with E-state index in [9.17, 15) is 4.79 Å². The molecule has 1 amide bonds. The molecule has 0 aliphatic heterocycles. The first-order chi connectivity index (χ1) is 8.99. The Labute approximate surface area is 124 Å². The second-order valence-electron chi connectivity index (χ2n) is 4.11. The summed E-state index contributed by atoms with van der Waals surface area (Å²) in [6.07, 6.45) is 0. The van der Waals surface area contributed by atoms with Crippen LogP contribution in [0.1, 0.15) is 27.4 Å². The molecule has 2 rings (SSSR count). The van der Waals surface area contributed by atoms with Crippen molar-refractivity contribution in [3.63, 3.8) is 0 Å². The highest BCUT2D eigenvalue weighted by Gasteiger charge is 2.12. The lowest BCUT2D eigenvalue weighted by molar-refractivity contribution is 0.0951. The molecule has 0 unspecified atom stereocenters. The number of nitrogens with zero attached hydrogens (tertiary/aromatic N) is 1. The normalized spacial score (nSPS) is 10.5. The fraction of sp³-hybridized carbons (Fsp3) is 0.231. The second-order valence-corrected chi connectivity index (χ2v) is 5.38. The molecule has 0 radical (unpaired) electrons. The number of aryl methyl sites for hydroxylation is 2. The van der Waals surface area contributed by atoms with Crippen molar-refractivity contribution < 1.29 is 9.32 Å². The minimum absolute atomic E-state index is 0.186. The van der Waals surface area contributed by atoms with Gasteiger partial charge in [-0.2, -0.15) is 0 Å². The highest BCUT2D eigenvalue weighted by Crippen LogP contribution is 2.23. The number of rotatable bonds is 3. The first-order valence-electron chi connectivity index (χ1n) is 5.64. The van der Waals surface area contributed by atoms with E-state index in [-0.39, 0.29) is 5.91 Å². The van der Waals surface area contributed by atoms with Crippen LogP contribution in [-0.4, -0.2) is 11.1 Å². The molecule has 0 saturated carbocycles. The highest BCUT2D eigenvalue weighted by molar-refractivity contribution is 9.10. The summed E-state index contributed by atoms with van der Waals surface area (Å²) in [5.41, 5.74) is 2.20. The fourth-order valence-corrected chi connectivity index (χ4v) is 2.09. The molecule has 0 bridgehead atoms. The van der Waals surface area contributed by atoms with Gasteiger partial charge in [-0.1, -0.05) is 16.8 Å². The van der Waals surface area contributed by atoms with Crippen LogP contribution in [0.5, 0.6) is 0 Å². The van der Waals surface area contributed by atoms with Crippen LogP contribution in [-0.2, 0) is 6.54 Å². The third-order valence-corrected chi connectivity index (χ3v) is 4.02. The number of nitrogens with one attached hydrogen (secondary N) is 1. The third-order valence-electron chi connectivity index (χ3n) is 2.79. The first kappa shape index (κ1) is 14.1. The number of benzene rings is 1. The van der Waals surface area contributed by atoms with Crippen LogP contribution < -0.4 is 5.32 Å². The number of aromatic nitrogens is 1. The average molecular weight is 344 g/mol. The van der Waals surface area contributed by atoms with Gasteiger partial charge in [-0.05, 0) is 48.0 Å². The van der Waals surface area contributed by atoms with Crippen molar-refractivity contribution in [3.8, 4) is 0 Å². The molecule has 6 heteroatoms. The Morgan fingerprint density at radius 1 is 1.47 bits per heavy atom. The lowest BCUT2D eigenvalue weighted by Gasteiger charge is -2.06. The van der Waals surface area contributed by atoms with Gasteiger partial charge in [-0.15, -0.1) is 0 Å². The minimum Gasteiger partial charge on any atom is -0.361 e. The van der Waals surface area contributed by atoms with Gasteiger partial charge < -0.3 is 9.84 Å². The topological polar surface area (TPSA) is 55.1 Å². The van der Waals surface area contributed by atoms with Gasteiger partial charge in [-0.25, -0.2) is 0 Å². The predicted molar refractivity (Wildman–Crippen MR) is 76.3 cm³/mol. The average Bonchev–Trinajstić information content (AvgIpc) is 2.69. The standard InChI is InChI=1S/C13H12BrClN2O2/c1-7-10(8(2)19-17-7)6-16-13(18)9-3-4-11(14)12(15)5-9/h3-5H,6H2,1-2H3,(H,16,18). The van der Waals surface area contributed by atoms with Gasteiger partial charge in [0, 0.05) is 22.1 Å².